The first-order chi connectivity index (χ1) is 11.6. The van der Waals surface area contributed by atoms with Crippen molar-refractivity contribution >= 4 is 33.6 Å². The van der Waals surface area contributed by atoms with E-state index in [4.69, 9.17) is 4.74 Å². The zero-order valence-corrected chi connectivity index (χ0v) is 12.9. The van der Waals surface area contributed by atoms with Gasteiger partial charge in [-0.15, -0.1) is 0 Å². The number of aryl methyl sites for hydroxylation is 1. The molecule has 3 N–H and O–H groups in total. The van der Waals surface area contributed by atoms with Crippen LogP contribution in [0.4, 0.5) is 0 Å². The molecule has 0 unspecified atom stereocenters. The number of hydrogen-bond acceptors (Lipinski definition) is 4. The number of phenolic OH excluding ortho intramolecular Hbond substituents is 1. The Balaban J connectivity index is 2.08. The van der Waals surface area contributed by atoms with E-state index in [9.17, 15) is 14.7 Å². The van der Waals surface area contributed by atoms with Gasteiger partial charge in [0, 0.05) is 5.39 Å². The summed E-state index contributed by atoms with van der Waals surface area (Å²) in [6.07, 6.45) is 2.59. The molecule has 1 aromatic heterocycles. The standard InChI is InChI=1S/C18H14N2O4/c1-24-10-6-5-9-12(16(10)21)13-14-11(17(22)20-18(14)23)7-3-2-4-8(7)15(13)19-9/h5-6,19,21H,2-4H2,1H3,(H,20,22,23). The quantitative estimate of drug-likeness (QED) is 0.600. The number of carbonyl (C=O) groups excluding carboxylic acids is 2. The minimum atomic E-state index is -0.405. The van der Waals surface area contributed by atoms with Crippen LogP contribution in [0, 0.1) is 0 Å². The van der Waals surface area contributed by atoms with Crippen molar-refractivity contribution in [3.63, 3.8) is 0 Å². The Bertz CT molecular complexity index is 1090. The molecule has 0 bridgehead atoms. The Hall–Kier alpha value is -3.02. The predicted molar refractivity (Wildman–Crippen MR) is 87.8 cm³/mol. The highest BCUT2D eigenvalue weighted by atomic mass is 16.5. The summed E-state index contributed by atoms with van der Waals surface area (Å²) >= 11 is 0. The number of aromatic amines is 1. The molecule has 6 heteroatoms. The monoisotopic (exact) mass is 322 g/mol. The number of H-pyrrole nitrogens is 1. The molecular formula is C18H14N2O4. The highest BCUT2D eigenvalue weighted by Gasteiger charge is 2.37. The second kappa shape index (κ2) is 4.29. The Morgan fingerprint density at radius 3 is 2.58 bits per heavy atom. The summed E-state index contributed by atoms with van der Waals surface area (Å²) in [4.78, 5) is 28.1. The third-order valence-corrected chi connectivity index (χ3v) is 5.12. The Morgan fingerprint density at radius 2 is 1.79 bits per heavy atom. The van der Waals surface area contributed by atoms with Gasteiger partial charge in [0.1, 0.15) is 0 Å². The van der Waals surface area contributed by atoms with Crippen molar-refractivity contribution in [3.05, 3.63) is 34.4 Å². The first-order valence-corrected chi connectivity index (χ1v) is 7.86. The van der Waals surface area contributed by atoms with Crippen LogP contribution in [0.1, 0.15) is 38.3 Å². The summed E-state index contributed by atoms with van der Waals surface area (Å²) in [7, 11) is 1.48. The number of nitrogens with one attached hydrogen (secondary N) is 2. The molecule has 0 atom stereocenters. The van der Waals surface area contributed by atoms with E-state index in [0.29, 0.717) is 27.6 Å². The van der Waals surface area contributed by atoms with Gasteiger partial charge < -0.3 is 14.8 Å². The van der Waals surface area contributed by atoms with Crippen molar-refractivity contribution in [1.82, 2.24) is 10.3 Å². The van der Waals surface area contributed by atoms with Gasteiger partial charge >= 0.3 is 0 Å². The maximum Gasteiger partial charge on any atom is 0.259 e. The van der Waals surface area contributed by atoms with E-state index in [0.717, 1.165) is 41.4 Å². The molecule has 24 heavy (non-hydrogen) atoms. The molecule has 5 rings (SSSR count). The normalized spacial score (nSPS) is 15.9. The summed E-state index contributed by atoms with van der Waals surface area (Å²) in [5.41, 5.74) is 4.43. The zero-order valence-electron chi connectivity index (χ0n) is 12.9. The minimum Gasteiger partial charge on any atom is -0.504 e. The number of benzene rings is 2. The molecule has 0 radical (unpaired) electrons. The fourth-order valence-corrected chi connectivity index (χ4v) is 4.17. The van der Waals surface area contributed by atoms with Crippen molar-refractivity contribution in [1.29, 1.82) is 0 Å². The number of ether oxygens (including phenoxy) is 1. The van der Waals surface area contributed by atoms with Gasteiger partial charge in [0.15, 0.2) is 11.5 Å². The van der Waals surface area contributed by atoms with Gasteiger partial charge in [-0.3, -0.25) is 14.9 Å². The van der Waals surface area contributed by atoms with Crippen molar-refractivity contribution in [2.75, 3.05) is 7.11 Å². The molecule has 2 amide bonds. The number of aromatic hydroxyl groups is 1. The van der Waals surface area contributed by atoms with Gasteiger partial charge in [0.2, 0.25) is 0 Å². The molecule has 0 fully saturated rings. The number of hydrogen-bond donors (Lipinski definition) is 3. The van der Waals surface area contributed by atoms with Crippen LogP contribution in [-0.2, 0) is 12.8 Å². The number of carbonyl (C=O) groups is 2. The predicted octanol–water partition coefficient (Wildman–Crippen LogP) is 2.41. The molecule has 0 spiro atoms. The molecule has 1 aliphatic carbocycles. The summed E-state index contributed by atoms with van der Waals surface area (Å²) in [6, 6.07) is 3.50. The molecule has 2 aliphatic rings. The summed E-state index contributed by atoms with van der Waals surface area (Å²) < 4.78 is 5.20. The third kappa shape index (κ3) is 1.41. The van der Waals surface area contributed by atoms with E-state index in [1.807, 2.05) is 6.07 Å². The summed E-state index contributed by atoms with van der Waals surface area (Å²) in [6.45, 7) is 0. The maximum atomic E-state index is 12.4. The summed E-state index contributed by atoms with van der Waals surface area (Å²) in [5.74, 6) is -0.430. The van der Waals surface area contributed by atoms with Gasteiger partial charge in [-0.1, -0.05) is 0 Å². The van der Waals surface area contributed by atoms with Crippen LogP contribution in [0.15, 0.2) is 12.1 Å². The van der Waals surface area contributed by atoms with Crippen molar-refractivity contribution in [3.8, 4) is 11.5 Å². The second-order valence-corrected chi connectivity index (χ2v) is 6.26. The second-order valence-electron chi connectivity index (χ2n) is 6.26. The molecule has 0 saturated heterocycles. The molecule has 2 aromatic carbocycles. The molecular weight excluding hydrogens is 308 g/mol. The first kappa shape index (κ1) is 13.4. The van der Waals surface area contributed by atoms with E-state index < -0.39 is 5.91 Å². The third-order valence-electron chi connectivity index (χ3n) is 5.12. The smallest absolute Gasteiger partial charge is 0.259 e. The number of methoxy groups -OCH3 is 1. The number of amides is 2. The van der Waals surface area contributed by atoms with Gasteiger partial charge in [-0.25, -0.2) is 0 Å². The molecule has 6 nitrogen and oxygen atoms in total. The fourth-order valence-electron chi connectivity index (χ4n) is 4.17. The summed E-state index contributed by atoms with van der Waals surface area (Å²) in [5, 5.41) is 14.1. The van der Waals surface area contributed by atoms with Crippen LogP contribution in [-0.4, -0.2) is 29.0 Å². The lowest BCUT2D eigenvalue weighted by molar-refractivity contribution is 0.0880. The van der Waals surface area contributed by atoms with Crippen molar-refractivity contribution in [2.24, 2.45) is 0 Å². The average Bonchev–Trinajstić information content (AvgIpc) is 3.23. The molecule has 2 heterocycles. The highest BCUT2D eigenvalue weighted by Crippen LogP contribution is 2.45. The number of phenols is 1. The van der Waals surface area contributed by atoms with Gasteiger partial charge in [0.25, 0.3) is 11.8 Å². The Kier molecular flexibility index (Phi) is 2.40. The Morgan fingerprint density at radius 1 is 1.04 bits per heavy atom. The van der Waals surface area contributed by atoms with Crippen LogP contribution in [0.3, 0.4) is 0 Å². The fraction of sp³-hybridized carbons (Fsp3) is 0.222. The number of aromatic nitrogens is 1. The van der Waals surface area contributed by atoms with Gasteiger partial charge in [0.05, 0.1) is 34.7 Å². The maximum absolute atomic E-state index is 12.4. The van der Waals surface area contributed by atoms with Crippen LogP contribution >= 0.6 is 0 Å². The van der Waals surface area contributed by atoms with E-state index in [1.54, 1.807) is 6.07 Å². The van der Waals surface area contributed by atoms with Crippen LogP contribution in [0.25, 0.3) is 21.8 Å². The topological polar surface area (TPSA) is 91.4 Å². The lowest BCUT2D eigenvalue weighted by Crippen LogP contribution is -2.20. The number of imide groups is 1. The van der Waals surface area contributed by atoms with Crippen molar-refractivity contribution in [2.45, 2.75) is 19.3 Å². The van der Waals surface area contributed by atoms with Crippen LogP contribution in [0.2, 0.25) is 0 Å². The lowest BCUT2D eigenvalue weighted by atomic mass is 9.93. The SMILES string of the molecule is COc1ccc2[nH]c3c4c(c5c(c3c2c1O)C(=O)NC5=O)CCC4. The molecule has 1 aliphatic heterocycles. The molecule has 120 valence electrons. The Labute approximate surface area is 136 Å². The van der Waals surface area contributed by atoms with Gasteiger partial charge in [-0.05, 0) is 42.5 Å². The molecule has 0 saturated carbocycles. The van der Waals surface area contributed by atoms with E-state index in [2.05, 4.69) is 10.3 Å². The number of rotatable bonds is 1. The number of fused-ring (bicyclic) bond motifs is 8. The minimum absolute atomic E-state index is 0.0199. The zero-order chi connectivity index (χ0) is 16.6. The van der Waals surface area contributed by atoms with E-state index >= 15 is 0 Å². The van der Waals surface area contributed by atoms with Gasteiger partial charge in [-0.2, -0.15) is 0 Å². The lowest BCUT2D eigenvalue weighted by Gasteiger charge is -2.08. The van der Waals surface area contributed by atoms with Crippen LogP contribution in [0.5, 0.6) is 11.5 Å². The highest BCUT2D eigenvalue weighted by molar-refractivity contribution is 6.32. The van der Waals surface area contributed by atoms with E-state index in [-0.39, 0.29) is 11.7 Å². The molecule has 3 aromatic rings. The first-order valence-electron chi connectivity index (χ1n) is 7.86. The van der Waals surface area contributed by atoms with E-state index in [1.165, 1.54) is 7.11 Å². The average molecular weight is 322 g/mol. The van der Waals surface area contributed by atoms with Crippen LogP contribution < -0.4 is 10.1 Å². The van der Waals surface area contributed by atoms with Crippen molar-refractivity contribution < 1.29 is 19.4 Å². The largest absolute Gasteiger partial charge is 0.504 e.